The van der Waals surface area contributed by atoms with Crippen molar-refractivity contribution in [3.8, 4) is 0 Å². The standard InChI is InChI=1S/C53H28N4O8/c1-54-46(58)30-12-4-22-26-8-16-34-44-35(17-9-27(40(26)44)23-5-13-31(47(54)59)42(30)38(22)23)51(63)56(50(34)62)20-3-21-57-52(64)36-18-10-28-24-6-14-32-43-33(49(61)55(2)48(32)60)15-7-25(39(24)43)29-11-19-37(53(57)65)45(36)41(28)29/h4-19H,3,20-21H2,1-2H3. The molecule has 12 nitrogen and oxygen atoms in total. The van der Waals surface area contributed by atoms with E-state index in [2.05, 4.69) is 0 Å². The van der Waals surface area contributed by atoms with E-state index in [1.807, 2.05) is 48.5 Å². The molecule has 0 saturated carbocycles. The normalized spacial score (nSPS) is 16.2. The number of carbonyl (C=O) groups is 8. The molecule has 0 spiro atoms. The number of benzene rings is 10. The van der Waals surface area contributed by atoms with Gasteiger partial charge in [0.1, 0.15) is 0 Å². The molecule has 14 rings (SSSR count). The maximum atomic E-state index is 14.3. The van der Waals surface area contributed by atoms with Crippen LogP contribution < -0.4 is 0 Å². The zero-order valence-electron chi connectivity index (χ0n) is 34.4. The van der Waals surface area contributed by atoms with Crippen LogP contribution in [-0.2, 0) is 0 Å². The first kappa shape index (κ1) is 35.9. The van der Waals surface area contributed by atoms with Gasteiger partial charge in [-0.1, -0.05) is 48.5 Å². The molecule has 4 aliphatic heterocycles. The maximum absolute atomic E-state index is 14.3. The van der Waals surface area contributed by atoms with Gasteiger partial charge < -0.3 is 0 Å². The minimum atomic E-state index is -0.483. The average molecular weight is 849 g/mol. The van der Waals surface area contributed by atoms with Gasteiger partial charge in [0, 0.05) is 93.2 Å². The molecule has 4 heterocycles. The number of amides is 8. The predicted molar refractivity (Wildman–Crippen MR) is 244 cm³/mol. The molecule has 0 saturated heterocycles. The van der Waals surface area contributed by atoms with E-state index in [4.69, 9.17) is 0 Å². The smallest absolute Gasteiger partial charge is 0.261 e. The Labute approximate surface area is 365 Å². The second-order valence-corrected chi connectivity index (χ2v) is 17.5. The van der Waals surface area contributed by atoms with Gasteiger partial charge in [0.05, 0.1) is 0 Å². The third-order valence-electron chi connectivity index (χ3n) is 14.6. The first-order valence-electron chi connectivity index (χ1n) is 21.2. The Morgan fingerprint density at radius 3 is 0.646 bits per heavy atom. The van der Waals surface area contributed by atoms with Crippen LogP contribution in [0.2, 0.25) is 0 Å². The van der Waals surface area contributed by atoms with Crippen LogP contribution in [0.1, 0.15) is 89.3 Å². The summed E-state index contributed by atoms with van der Waals surface area (Å²) in [6.45, 7) is -0.0931. The van der Waals surface area contributed by atoms with E-state index in [0.717, 1.165) is 74.4 Å². The van der Waals surface area contributed by atoms with E-state index in [0.29, 0.717) is 66.1 Å². The molecule has 0 unspecified atom stereocenters. The van der Waals surface area contributed by atoms with Crippen LogP contribution in [0.25, 0.3) is 86.2 Å². The monoisotopic (exact) mass is 848 g/mol. The molecule has 0 aliphatic carbocycles. The molecule has 12 heteroatoms. The van der Waals surface area contributed by atoms with Crippen molar-refractivity contribution in [2.45, 2.75) is 6.42 Å². The summed E-state index contributed by atoms with van der Waals surface area (Å²) >= 11 is 0. The minimum Gasteiger partial charge on any atom is -0.277 e. The van der Waals surface area contributed by atoms with E-state index >= 15 is 0 Å². The fraction of sp³-hybridized carbons (Fsp3) is 0.0943. The summed E-state index contributed by atoms with van der Waals surface area (Å²) in [6, 6.07) is 28.7. The molecular formula is C53H28N4O8. The summed E-state index contributed by atoms with van der Waals surface area (Å²) in [4.78, 5) is 115. The molecule has 0 N–H and O–H groups in total. The molecular weight excluding hydrogens is 821 g/mol. The summed E-state index contributed by atoms with van der Waals surface area (Å²) in [5, 5.41) is 11.7. The molecule has 0 bridgehead atoms. The van der Waals surface area contributed by atoms with Gasteiger partial charge in [0.2, 0.25) is 0 Å². The van der Waals surface area contributed by atoms with Crippen molar-refractivity contribution in [3.63, 3.8) is 0 Å². The van der Waals surface area contributed by atoms with Gasteiger partial charge in [-0.3, -0.25) is 58.0 Å². The van der Waals surface area contributed by atoms with Crippen molar-refractivity contribution >= 4 is 133 Å². The molecule has 0 aromatic heterocycles. The third kappa shape index (κ3) is 4.05. The van der Waals surface area contributed by atoms with Crippen molar-refractivity contribution in [1.29, 1.82) is 0 Å². The fourth-order valence-corrected chi connectivity index (χ4v) is 11.7. The highest BCUT2D eigenvalue weighted by atomic mass is 16.2. The number of rotatable bonds is 4. The summed E-state index contributed by atoms with van der Waals surface area (Å²) in [5.74, 6) is -3.43. The van der Waals surface area contributed by atoms with E-state index in [-0.39, 0.29) is 43.1 Å². The Kier molecular flexibility index (Phi) is 6.45. The van der Waals surface area contributed by atoms with Gasteiger partial charge in [0.15, 0.2) is 0 Å². The van der Waals surface area contributed by atoms with Gasteiger partial charge in [-0.15, -0.1) is 0 Å². The number of hydrogen-bond acceptors (Lipinski definition) is 8. The zero-order valence-corrected chi connectivity index (χ0v) is 34.4. The Hall–Kier alpha value is -8.64. The minimum absolute atomic E-state index is 0.0466. The second-order valence-electron chi connectivity index (χ2n) is 17.5. The van der Waals surface area contributed by atoms with Crippen molar-refractivity contribution in [2.75, 3.05) is 27.2 Å². The molecule has 10 aromatic carbocycles. The van der Waals surface area contributed by atoms with Crippen LogP contribution in [0.4, 0.5) is 0 Å². The first-order valence-corrected chi connectivity index (χ1v) is 21.2. The highest BCUT2D eigenvalue weighted by molar-refractivity contribution is 6.43. The van der Waals surface area contributed by atoms with E-state index in [1.54, 1.807) is 48.5 Å². The number of fused-ring (bicyclic) bond motifs is 4. The molecule has 8 amide bonds. The van der Waals surface area contributed by atoms with Gasteiger partial charge in [0.25, 0.3) is 47.3 Å². The van der Waals surface area contributed by atoms with Crippen LogP contribution in [0.15, 0.2) is 97.1 Å². The lowest BCUT2D eigenvalue weighted by atomic mass is 9.82. The summed E-state index contributed by atoms with van der Waals surface area (Å²) < 4.78 is 0. The Morgan fingerprint density at radius 2 is 0.446 bits per heavy atom. The van der Waals surface area contributed by atoms with Crippen LogP contribution in [0, 0.1) is 0 Å². The van der Waals surface area contributed by atoms with Crippen LogP contribution >= 0.6 is 0 Å². The van der Waals surface area contributed by atoms with Gasteiger partial charge >= 0.3 is 0 Å². The molecule has 308 valence electrons. The molecule has 4 aliphatic rings. The number of nitrogens with zero attached hydrogens (tertiary/aromatic N) is 4. The Morgan fingerprint density at radius 1 is 0.262 bits per heavy atom. The summed E-state index contributed by atoms with van der Waals surface area (Å²) in [5.41, 5.74) is 3.18. The fourth-order valence-electron chi connectivity index (χ4n) is 11.7. The van der Waals surface area contributed by atoms with Gasteiger partial charge in [-0.05, 0) is 120 Å². The van der Waals surface area contributed by atoms with E-state index in [1.165, 1.54) is 23.9 Å². The SMILES string of the molecule is CN1C(=O)c2ccc3c4ccc5c6c(ccc(c7ccc(c2c37)C1=O)c64)C(=O)N(CCCN1C(=O)c2ccc3c4ccc6c7c(ccc(c8ccc(c2c38)C1=O)c74)C(=O)N(C)C6=O)C5=O. The maximum Gasteiger partial charge on any atom is 0.261 e. The van der Waals surface area contributed by atoms with Crippen molar-refractivity contribution < 1.29 is 38.4 Å². The number of carbonyl (C=O) groups excluding carboxylic acids is 8. The van der Waals surface area contributed by atoms with E-state index < -0.39 is 23.6 Å². The lowest BCUT2D eigenvalue weighted by molar-refractivity contribution is 0.0572. The van der Waals surface area contributed by atoms with Crippen LogP contribution in [0.3, 0.4) is 0 Å². The second kappa shape index (κ2) is 11.7. The summed E-state index contributed by atoms with van der Waals surface area (Å²) in [7, 11) is 2.95. The Bertz CT molecular complexity index is 3640. The molecule has 0 atom stereocenters. The topological polar surface area (TPSA) is 150 Å². The predicted octanol–water partition coefficient (Wildman–Crippen LogP) is 8.52. The molecule has 0 radical (unpaired) electrons. The number of hydrogen-bond donors (Lipinski definition) is 0. The lowest BCUT2D eigenvalue weighted by Gasteiger charge is -2.31. The van der Waals surface area contributed by atoms with Gasteiger partial charge in [-0.2, -0.15) is 0 Å². The third-order valence-corrected chi connectivity index (χ3v) is 14.6. The van der Waals surface area contributed by atoms with Crippen LogP contribution in [0.5, 0.6) is 0 Å². The van der Waals surface area contributed by atoms with Crippen LogP contribution in [-0.4, -0.2) is 94.0 Å². The highest BCUT2D eigenvalue weighted by Gasteiger charge is 2.39. The largest absolute Gasteiger partial charge is 0.277 e. The zero-order chi connectivity index (χ0) is 44.2. The average Bonchev–Trinajstić information content (AvgIpc) is 3.32. The van der Waals surface area contributed by atoms with Crippen molar-refractivity contribution in [3.05, 3.63) is 142 Å². The molecule has 0 fully saturated rings. The molecule has 10 aromatic rings. The van der Waals surface area contributed by atoms with E-state index in [9.17, 15) is 38.4 Å². The Balaban J connectivity index is 0.804. The van der Waals surface area contributed by atoms with Crippen molar-refractivity contribution in [2.24, 2.45) is 0 Å². The highest BCUT2D eigenvalue weighted by Crippen LogP contribution is 2.48. The number of imide groups is 4. The van der Waals surface area contributed by atoms with Gasteiger partial charge in [-0.25, -0.2) is 0 Å². The van der Waals surface area contributed by atoms with Crippen molar-refractivity contribution in [1.82, 2.24) is 19.6 Å². The molecule has 65 heavy (non-hydrogen) atoms. The summed E-state index contributed by atoms with van der Waals surface area (Å²) in [6.07, 6.45) is 0.136. The lowest BCUT2D eigenvalue weighted by Crippen LogP contribution is -2.44. The quantitative estimate of drug-likeness (QED) is 0.0972. The first-order chi connectivity index (χ1) is 31.5.